The minimum Gasteiger partial charge on any atom is -0.278 e. The first-order valence-corrected chi connectivity index (χ1v) is 14.5. The Morgan fingerprint density at radius 3 is 0.923 bits per heavy atom. The molecule has 0 aliphatic carbocycles. The summed E-state index contributed by atoms with van der Waals surface area (Å²) >= 11 is 8.89. The zero-order valence-corrected chi connectivity index (χ0v) is 20.9. The molecule has 0 aromatic rings. The molecule has 0 N–H and O–H groups in total. The lowest BCUT2D eigenvalue weighted by molar-refractivity contribution is 0.159. The van der Waals surface area contributed by atoms with Crippen LogP contribution >= 0.6 is 47.0 Å². The monoisotopic (exact) mass is 436 g/mol. The van der Waals surface area contributed by atoms with Gasteiger partial charge in [0, 0.05) is 13.1 Å². The summed E-state index contributed by atoms with van der Waals surface area (Å²) in [4.78, 5) is 5.67. The Hall–Kier alpha value is 1.32. The maximum absolute atomic E-state index is 2.84. The highest BCUT2D eigenvalue weighted by Gasteiger charge is 2.37. The maximum atomic E-state index is 2.84. The summed E-state index contributed by atoms with van der Waals surface area (Å²) in [6.45, 7) is 16.7. The molecule has 6 atom stereocenters. The van der Waals surface area contributed by atoms with Crippen LogP contribution in [0.3, 0.4) is 0 Å². The quantitative estimate of drug-likeness (QED) is 0.382. The van der Waals surface area contributed by atoms with E-state index in [4.69, 9.17) is 0 Å². The third-order valence-corrected chi connectivity index (χ3v) is 12.9. The first-order valence-electron chi connectivity index (χ1n) is 10.7. The number of hydrogen-bond acceptors (Lipinski definition) is 6. The lowest BCUT2D eigenvalue weighted by Gasteiger charge is -2.48. The van der Waals surface area contributed by atoms with Gasteiger partial charge in [-0.1, -0.05) is 41.5 Å². The fraction of sp³-hybridized carbons (Fsp3) is 1.00. The minimum absolute atomic E-state index is 0.708. The molecule has 0 radical (unpaired) electrons. The van der Waals surface area contributed by atoms with Gasteiger partial charge in [-0.25, -0.2) is 0 Å². The van der Waals surface area contributed by atoms with Gasteiger partial charge in [-0.15, -0.1) is 47.0 Å². The molecule has 0 spiro atoms. The van der Waals surface area contributed by atoms with Crippen LogP contribution in [0.25, 0.3) is 0 Å². The summed E-state index contributed by atoms with van der Waals surface area (Å²) in [5.74, 6) is 0. The Balaban J connectivity index is 2.03. The average molecular weight is 437 g/mol. The van der Waals surface area contributed by atoms with E-state index in [2.05, 4.69) is 98.4 Å². The fourth-order valence-electron chi connectivity index (χ4n) is 3.96. The molecular weight excluding hydrogens is 397 g/mol. The molecule has 0 bridgehead atoms. The highest BCUT2D eigenvalue weighted by Crippen LogP contribution is 2.46. The van der Waals surface area contributed by atoms with Crippen molar-refractivity contribution in [1.82, 2.24) is 9.80 Å². The molecule has 0 aromatic heterocycles. The molecule has 0 aromatic carbocycles. The van der Waals surface area contributed by atoms with E-state index in [-0.39, 0.29) is 0 Å². The van der Waals surface area contributed by atoms with E-state index in [9.17, 15) is 0 Å². The molecule has 26 heavy (non-hydrogen) atoms. The summed E-state index contributed by atoms with van der Waals surface area (Å²) in [5.41, 5.74) is 0. The van der Waals surface area contributed by atoms with Crippen molar-refractivity contribution in [3.8, 4) is 0 Å². The van der Waals surface area contributed by atoms with Crippen molar-refractivity contribution in [2.24, 2.45) is 0 Å². The van der Waals surface area contributed by atoms with E-state index in [0.29, 0.717) is 21.5 Å². The Kier molecular flexibility index (Phi) is 11.0. The molecule has 2 rings (SSSR count). The Morgan fingerprint density at radius 1 is 0.462 bits per heavy atom. The van der Waals surface area contributed by atoms with Crippen molar-refractivity contribution < 1.29 is 0 Å². The molecule has 2 aliphatic rings. The van der Waals surface area contributed by atoms with Gasteiger partial charge >= 0.3 is 0 Å². The van der Waals surface area contributed by atoms with Crippen LogP contribution in [0.5, 0.6) is 0 Å². The van der Waals surface area contributed by atoms with Gasteiger partial charge in [0.05, 0.1) is 30.7 Å². The summed E-state index contributed by atoms with van der Waals surface area (Å²) in [7, 11) is 0. The van der Waals surface area contributed by atoms with Crippen molar-refractivity contribution in [2.75, 3.05) is 13.1 Å². The minimum atomic E-state index is 0.708. The molecule has 2 fully saturated rings. The average Bonchev–Trinajstić information content (AvgIpc) is 2.70. The smallest absolute Gasteiger partial charge is 0.0576 e. The van der Waals surface area contributed by atoms with Gasteiger partial charge in [0.15, 0.2) is 0 Å². The summed E-state index contributed by atoms with van der Waals surface area (Å²) in [6.07, 6.45) is 7.68. The van der Waals surface area contributed by atoms with Crippen molar-refractivity contribution in [3.05, 3.63) is 0 Å². The third-order valence-electron chi connectivity index (χ3n) is 5.40. The molecule has 2 heterocycles. The van der Waals surface area contributed by atoms with Crippen molar-refractivity contribution in [1.29, 1.82) is 0 Å². The Labute approximate surface area is 180 Å². The largest absolute Gasteiger partial charge is 0.278 e. The molecule has 6 heteroatoms. The summed E-state index contributed by atoms with van der Waals surface area (Å²) in [5, 5.41) is 2.83. The summed E-state index contributed by atoms with van der Waals surface area (Å²) in [6, 6.07) is 0. The predicted molar refractivity (Wildman–Crippen MR) is 128 cm³/mol. The van der Waals surface area contributed by atoms with Crippen LogP contribution in [0.4, 0.5) is 0 Å². The fourth-order valence-corrected chi connectivity index (χ4v) is 10.7. The van der Waals surface area contributed by atoms with Gasteiger partial charge < -0.3 is 0 Å². The van der Waals surface area contributed by atoms with Crippen LogP contribution in [-0.2, 0) is 0 Å². The SMILES string of the molecule is CCC1S[C@@H](CC)N(CCN2[C@H](CC)SC(CC)S[C@@H]2CC)[C@@H](CC)S1. The van der Waals surface area contributed by atoms with E-state index in [1.807, 2.05) is 0 Å². The van der Waals surface area contributed by atoms with Crippen molar-refractivity contribution >= 4 is 47.0 Å². The topological polar surface area (TPSA) is 6.48 Å². The highest BCUT2D eigenvalue weighted by atomic mass is 32.2. The Bertz CT molecular complexity index is 334. The summed E-state index contributed by atoms with van der Waals surface area (Å²) < 4.78 is 1.58. The van der Waals surface area contributed by atoms with Crippen LogP contribution in [0.15, 0.2) is 0 Å². The van der Waals surface area contributed by atoms with Crippen molar-refractivity contribution in [2.45, 2.75) is 111 Å². The number of thioether (sulfide) groups is 4. The normalized spacial score (nSPS) is 37.2. The second-order valence-electron chi connectivity index (χ2n) is 7.15. The first-order chi connectivity index (χ1) is 12.6. The van der Waals surface area contributed by atoms with E-state index in [1.54, 1.807) is 0 Å². The standard InChI is InChI=1S/C20H40N2S4/c1-7-15-21(16(8-2)24-19(11-5)23-15)13-14-22-17(9-3)25-20(12-6)26-18(22)10-4/h15-20H,7-14H2,1-6H3/t15-,16+,17-,18+,19?,20?. The van der Waals surface area contributed by atoms with Crippen LogP contribution in [0.2, 0.25) is 0 Å². The van der Waals surface area contributed by atoms with E-state index in [1.165, 1.54) is 51.6 Å². The van der Waals surface area contributed by atoms with Gasteiger partial charge in [0.2, 0.25) is 0 Å². The van der Waals surface area contributed by atoms with Crippen LogP contribution in [0, 0.1) is 0 Å². The van der Waals surface area contributed by atoms with Crippen LogP contribution < -0.4 is 0 Å². The second kappa shape index (κ2) is 12.1. The van der Waals surface area contributed by atoms with Crippen LogP contribution in [-0.4, -0.2) is 53.5 Å². The lowest BCUT2D eigenvalue weighted by atomic mass is 10.3. The van der Waals surface area contributed by atoms with Gasteiger partial charge in [-0.05, 0) is 38.5 Å². The lowest BCUT2D eigenvalue weighted by Crippen LogP contribution is -2.51. The second-order valence-corrected chi connectivity index (χ2v) is 13.3. The predicted octanol–water partition coefficient (Wildman–Crippen LogP) is 6.97. The maximum Gasteiger partial charge on any atom is 0.0576 e. The third kappa shape index (κ3) is 5.91. The van der Waals surface area contributed by atoms with Gasteiger partial charge in [-0.3, -0.25) is 9.80 Å². The molecule has 0 saturated carbocycles. The number of hydrogen-bond donors (Lipinski definition) is 0. The van der Waals surface area contributed by atoms with Gasteiger partial charge in [0.1, 0.15) is 0 Å². The van der Waals surface area contributed by atoms with E-state index >= 15 is 0 Å². The number of nitrogens with zero attached hydrogens (tertiary/aromatic N) is 2. The zero-order valence-electron chi connectivity index (χ0n) is 17.6. The van der Waals surface area contributed by atoms with E-state index < -0.39 is 0 Å². The zero-order chi connectivity index (χ0) is 19.1. The van der Waals surface area contributed by atoms with Gasteiger partial charge in [0.25, 0.3) is 0 Å². The van der Waals surface area contributed by atoms with Crippen LogP contribution in [0.1, 0.15) is 80.1 Å². The van der Waals surface area contributed by atoms with Gasteiger partial charge in [-0.2, -0.15) is 0 Å². The molecule has 2 nitrogen and oxygen atoms in total. The molecule has 0 amide bonds. The molecular formula is C20H40N2S4. The number of rotatable bonds is 9. The van der Waals surface area contributed by atoms with E-state index in [0.717, 1.165) is 9.16 Å². The highest BCUT2D eigenvalue weighted by molar-refractivity contribution is 8.18. The molecule has 2 unspecified atom stereocenters. The molecule has 2 aliphatic heterocycles. The van der Waals surface area contributed by atoms with Crippen molar-refractivity contribution in [3.63, 3.8) is 0 Å². The first kappa shape index (κ1) is 23.6. The molecule has 2 saturated heterocycles. The molecule has 154 valence electrons. The Morgan fingerprint density at radius 2 is 0.731 bits per heavy atom.